The van der Waals surface area contributed by atoms with Crippen LogP contribution < -0.4 is 5.14 Å². The van der Waals surface area contributed by atoms with E-state index in [-0.39, 0.29) is 25.1 Å². The van der Waals surface area contributed by atoms with Crippen LogP contribution in [0.4, 0.5) is 0 Å². The monoisotopic (exact) mass is 375 g/mol. The van der Waals surface area contributed by atoms with Crippen LogP contribution in [0.25, 0.3) is 0 Å². The van der Waals surface area contributed by atoms with Crippen molar-refractivity contribution in [2.45, 2.75) is 63.4 Å². The summed E-state index contributed by atoms with van der Waals surface area (Å²) in [5.41, 5.74) is 0. The number of halogens is 1. The Morgan fingerprint density at radius 1 is 1.13 bits per heavy atom. The highest BCUT2D eigenvalue weighted by molar-refractivity contribution is 7.84. The predicted molar refractivity (Wildman–Crippen MR) is 78.9 cm³/mol. The number of rotatable bonds is 3. The lowest BCUT2D eigenvalue weighted by Gasteiger charge is -2.40. The summed E-state index contributed by atoms with van der Waals surface area (Å²) >= 11 is 0. The average molecular weight is 376 g/mol. The van der Waals surface area contributed by atoms with E-state index in [1.54, 1.807) is 27.7 Å². The molecule has 0 spiro atoms. The van der Waals surface area contributed by atoms with Gasteiger partial charge in [-0.3, -0.25) is 4.18 Å². The zero-order chi connectivity index (χ0) is 16.4. The van der Waals surface area contributed by atoms with Gasteiger partial charge in [-0.05, 0) is 27.7 Å². The third-order valence-corrected chi connectivity index (χ3v) is 4.15. The lowest BCUT2D eigenvalue weighted by molar-refractivity contribution is -0.290. The van der Waals surface area contributed by atoms with Crippen molar-refractivity contribution in [2.75, 3.05) is 13.2 Å². The van der Waals surface area contributed by atoms with E-state index < -0.39 is 46.5 Å². The molecule has 0 aliphatic carbocycles. The van der Waals surface area contributed by atoms with E-state index >= 15 is 0 Å². The zero-order valence-corrected chi connectivity index (χ0v) is 14.9. The highest BCUT2D eigenvalue weighted by Gasteiger charge is 2.65. The van der Waals surface area contributed by atoms with Crippen LogP contribution in [0.2, 0.25) is 0 Å². The Morgan fingerprint density at radius 3 is 2.39 bits per heavy atom. The Bertz CT molecular complexity index is 567. The Hall–Kier alpha value is -0.0400. The van der Waals surface area contributed by atoms with Crippen molar-refractivity contribution in [2.24, 2.45) is 5.14 Å². The quantitative estimate of drug-likeness (QED) is 0.734. The first-order valence-electron chi connectivity index (χ1n) is 6.96. The van der Waals surface area contributed by atoms with E-state index in [1.807, 2.05) is 0 Å². The molecule has 136 valence electrons. The molecule has 3 rings (SSSR count). The lowest BCUT2D eigenvalue weighted by atomic mass is 9.98. The Morgan fingerprint density at radius 2 is 1.78 bits per heavy atom. The molecule has 0 saturated carbocycles. The molecule has 0 aromatic heterocycles. The van der Waals surface area contributed by atoms with E-state index in [0.717, 1.165) is 0 Å². The molecule has 23 heavy (non-hydrogen) atoms. The van der Waals surface area contributed by atoms with Crippen LogP contribution >= 0.6 is 12.4 Å². The molecule has 9 nitrogen and oxygen atoms in total. The maximum Gasteiger partial charge on any atom is 0.333 e. The van der Waals surface area contributed by atoms with Crippen LogP contribution in [0.1, 0.15) is 27.7 Å². The molecule has 0 radical (unpaired) electrons. The molecule has 0 unspecified atom stereocenters. The van der Waals surface area contributed by atoms with E-state index in [1.165, 1.54) is 0 Å². The van der Waals surface area contributed by atoms with Crippen molar-refractivity contribution in [3.63, 3.8) is 0 Å². The number of hydrogen-bond acceptors (Lipinski definition) is 8. The Kier molecular flexibility index (Phi) is 4.82. The van der Waals surface area contributed by atoms with Gasteiger partial charge >= 0.3 is 10.3 Å². The van der Waals surface area contributed by atoms with Gasteiger partial charge in [0, 0.05) is 0 Å². The Balaban J connectivity index is 0.00000192. The first-order chi connectivity index (χ1) is 9.92. The van der Waals surface area contributed by atoms with Crippen LogP contribution in [0.3, 0.4) is 0 Å². The number of ether oxygens (including phenoxy) is 5. The normalized spacial score (nSPS) is 41.0. The summed E-state index contributed by atoms with van der Waals surface area (Å²) in [6, 6.07) is 0. The van der Waals surface area contributed by atoms with Crippen LogP contribution in [-0.4, -0.2) is 57.3 Å². The molecule has 2 N–H and O–H groups in total. The second kappa shape index (κ2) is 5.75. The van der Waals surface area contributed by atoms with Crippen molar-refractivity contribution >= 4 is 22.7 Å². The van der Waals surface area contributed by atoms with Gasteiger partial charge in [0.15, 0.2) is 11.6 Å². The second-order valence-corrected chi connectivity index (χ2v) is 7.78. The molecule has 4 atom stereocenters. The van der Waals surface area contributed by atoms with Crippen molar-refractivity contribution in [1.82, 2.24) is 0 Å². The fraction of sp³-hybridized carbons (Fsp3) is 1.00. The fourth-order valence-electron chi connectivity index (χ4n) is 3.11. The summed E-state index contributed by atoms with van der Waals surface area (Å²) in [4.78, 5) is 0. The summed E-state index contributed by atoms with van der Waals surface area (Å²) in [5.74, 6) is -3.19. The molecule has 11 heteroatoms. The topological polar surface area (TPSA) is 116 Å². The third kappa shape index (κ3) is 3.80. The predicted octanol–water partition coefficient (Wildman–Crippen LogP) is 0.0264. The molecule has 3 aliphatic rings. The second-order valence-electron chi connectivity index (χ2n) is 6.56. The third-order valence-electron chi connectivity index (χ3n) is 3.70. The van der Waals surface area contributed by atoms with Gasteiger partial charge in [-0.2, -0.15) is 8.42 Å². The van der Waals surface area contributed by atoms with Crippen molar-refractivity contribution in [3.05, 3.63) is 0 Å². The van der Waals surface area contributed by atoms with Gasteiger partial charge < -0.3 is 23.7 Å². The lowest BCUT2D eigenvalue weighted by Crippen LogP contribution is -2.60. The molecule has 0 aromatic rings. The maximum atomic E-state index is 11.1. The SMILES string of the molecule is CC1(C)O[C@@H]2[C@@H](CO[C@@]3(COS(N)(=O)=O)OC(C)(C)O[C@@H]23)O1.Cl. The zero-order valence-electron chi connectivity index (χ0n) is 13.3. The van der Waals surface area contributed by atoms with Crippen LogP contribution in [0, 0.1) is 0 Å². The minimum atomic E-state index is -4.14. The molecule has 0 aromatic carbocycles. The first-order valence-corrected chi connectivity index (χ1v) is 8.43. The smallest absolute Gasteiger partial charge is 0.333 e. The van der Waals surface area contributed by atoms with E-state index in [4.69, 9.17) is 33.0 Å². The molecule has 3 fully saturated rings. The molecule has 3 aliphatic heterocycles. The fourth-order valence-corrected chi connectivity index (χ4v) is 3.44. The van der Waals surface area contributed by atoms with Gasteiger partial charge in [0.1, 0.15) is 24.9 Å². The standard InChI is InChI=1S/C12H21NO8S.ClH/c1-10(2)18-7-5-16-12(6-17-22(13,14)15)9(8(7)19-10)20-11(3,4)21-12;/h7-9H,5-6H2,1-4H3,(H2,13,14,15);1H/t7-,8-,9+,12+;/m1./s1. The van der Waals surface area contributed by atoms with Crippen molar-refractivity contribution in [1.29, 1.82) is 0 Å². The minimum Gasteiger partial charge on any atom is -0.343 e. The van der Waals surface area contributed by atoms with E-state index in [2.05, 4.69) is 0 Å². The number of hydrogen-bond donors (Lipinski definition) is 1. The van der Waals surface area contributed by atoms with Crippen LogP contribution in [0.15, 0.2) is 0 Å². The number of nitrogens with two attached hydrogens (primary N) is 1. The summed E-state index contributed by atoms with van der Waals surface area (Å²) in [6.45, 7) is 6.71. The number of fused-ring (bicyclic) bond motifs is 3. The molecule has 3 saturated heterocycles. The largest absolute Gasteiger partial charge is 0.343 e. The van der Waals surface area contributed by atoms with E-state index in [9.17, 15) is 8.42 Å². The van der Waals surface area contributed by atoms with Crippen LogP contribution in [0.5, 0.6) is 0 Å². The molecule has 0 amide bonds. The molecule has 3 heterocycles. The van der Waals surface area contributed by atoms with Gasteiger partial charge in [-0.15, -0.1) is 12.4 Å². The first kappa shape index (κ1) is 19.3. The van der Waals surface area contributed by atoms with Crippen molar-refractivity contribution < 1.29 is 36.3 Å². The molecular formula is C12H22ClNO8S. The highest BCUT2D eigenvalue weighted by Crippen LogP contribution is 2.47. The maximum absolute atomic E-state index is 11.1. The van der Waals surface area contributed by atoms with Gasteiger partial charge in [0.25, 0.3) is 0 Å². The van der Waals surface area contributed by atoms with Gasteiger partial charge in [0.05, 0.1) is 6.61 Å². The minimum absolute atomic E-state index is 0. The van der Waals surface area contributed by atoms with E-state index in [0.29, 0.717) is 0 Å². The summed E-state index contributed by atoms with van der Waals surface area (Å²) in [7, 11) is -4.14. The summed E-state index contributed by atoms with van der Waals surface area (Å²) in [5, 5.41) is 4.89. The van der Waals surface area contributed by atoms with Gasteiger partial charge in [-0.1, -0.05) is 0 Å². The molecule has 0 bridgehead atoms. The Labute approximate surface area is 141 Å². The summed E-state index contributed by atoms with van der Waals surface area (Å²) < 4.78 is 55.9. The van der Waals surface area contributed by atoms with Gasteiger partial charge in [-0.25, -0.2) is 5.14 Å². The summed E-state index contributed by atoms with van der Waals surface area (Å²) in [6.07, 6.45) is -1.50. The van der Waals surface area contributed by atoms with Crippen LogP contribution in [-0.2, 0) is 38.2 Å². The van der Waals surface area contributed by atoms with Gasteiger partial charge in [0.2, 0.25) is 5.79 Å². The molecular weight excluding hydrogens is 354 g/mol. The average Bonchev–Trinajstić information content (AvgIpc) is 2.78. The highest BCUT2D eigenvalue weighted by atomic mass is 35.5. The van der Waals surface area contributed by atoms with Crippen molar-refractivity contribution in [3.8, 4) is 0 Å².